The van der Waals surface area contributed by atoms with Crippen molar-refractivity contribution in [1.29, 1.82) is 0 Å². The van der Waals surface area contributed by atoms with E-state index in [9.17, 15) is 4.79 Å². The van der Waals surface area contributed by atoms with Crippen LogP contribution in [0.15, 0.2) is 12.4 Å². The number of Topliss-reactive ketones (excluding diaryl/α,β-unsaturated/α-hetero) is 1. The van der Waals surface area contributed by atoms with Gasteiger partial charge in [0.25, 0.3) is 0 Å². The molecule has 0 amide bonds. The van der Waals surface area contributed by atoms with E-state index in [4.69, 9.17) is 18.5 Å². The van der Waals surface area contributed by atoms with E-state index in [0.717, 1.165) is 31.7 Å². The largest absolute Gasteiger partial charge is 0.356 e. The molecule has 4 nitrogen and oxygen atoms in total. The minimum Gasteiger partial charge on any atom is -0.356 e. The van der Waals surface area contributed by atoms with E-state index in [-0.39, 0.29) is 11.7 Å². The van der Waals surface area contributed by atoms with Crippen LogP contribution in [0.1, 0.15) is 12.8 Å². The molecule has 84 valence electrons. The summed E-state index contributed by atoms with van der Waals surface area (Å²) in [4.78, 5) is 21.1. The molecule has 2 radical (unpaired) electrons. The summed E-state index contributed by atoms with van der Waals surface area (Å²) in [5, 5.41) is 0.432. The van der Waals surface area contributed by atoms with Crippen molar-refractivity contribution >= 4 is 23.2 Å². The zero-order chi connectivity index (χ0) is 11.5. The smallest absolute Gasteiger partial charge is 0.140 e. The second-order valence-electron chi connectivity index (χ2n) is 3.86. The predicted molar refractivity (Wildman–Crippen MR) is 61.3 cm³/mol. The van der Waals surface area contributed by atoms with E-state index in [1.807, 2.05) is 0 Å². The van der Waals surface area contributed by atoms with E-state index < -0.39 is 0 Å². The van der Waals surface area contributed by atoms with Crippen molar-refractivity contribution in [2.75, 3.05) is 18.0 Å². The fraction of sp³-hybridized carbons (Fsp3) is 0.455. The molecule has 0 unspecified atom stereocenters. The SMILES string of the molecule is [CH]C(=O)C1CCN(c2cc(Cl)ncn2)CC1. The summed E-state index contributed by atoms with van der Waals surface area (Å²) in [7, 11) is 0. The number of piperidine rings is 1. The van der Waals surface area contributed by atoms with Crippen LogP contribution >= 0.6 is 11.6 Å². The van der Waals surface area contributed by atoms with Gasteiger partial charge >= 0.3 is 0 Å². The molecule has 0 bridgehead atoms. The maximum atomic E-state index is 11.0. The van der Waals surface area contributed by atoms with Crippen molar-refractivity contribution in [3.05, 3.63) is 24.5 Å². The van der Waals surface area contributed by atoms with E-state index in [1.54, 1.807) is 6.07 Å². The lowest BCUT2D eigenvalue weighted by atomic mass is 9.93. The first kappa shape index (κ1) is 11.3. The lowest BCUT2D eigenvalue weighted by Crippen LogP contribution is -2.36. The molecule has 0 aromatic carbocycles. The van der Waals surface area contributed by atoms with Gasteiger partial charge in [-0.05, 0) is 12.8 Å². The number of hydrogen-bond acceptors (Lipinski definition) is 4. The topological polar surface area (TPSA) is 46.1 Å². The van der Waals surface area contributed by atoms with Gasteiger partial charge in [0.2, 0.25) is 0 Å². The number of hydrogen-bond donors (Lipinski definition) is 0. The minimum absolute atomic E-state index is 0.00596. The van der Waals surface area contributed by atoms with E-state index in [0.29, 0.717) is 5.15 Å². The molecule has 1 aromatic rings. The molecule has 16 heavy (non-hydrogen) atoms. The quantitative estimate of drug-likeness (QED) is 0.734. The Morgan fingerprint density at radius 1 is 1.44 bits per heavy atom. The Morgan fingerprint density at radius 3 is 2.69 bits per heavy atom. The van der Waals surface area contributed by atoms with Gasteiger partial charge in [0.05, 0.1) is 0 Å². The number of anilines is 1. The van der Waals surface area contributed by atoms with Crippen molar-refractivity contribution in [2.45, 2.75) is 12.8 Å². The van der Waals surface area contributed by atoms with Crippen LogP contribution in [-0.2, 0) is 4.79 Å². The molecule has 1 aromatic heterocycles. The van der Waals surface area contributed by atoms with E-state index in [1.165, 1.54) is 6.33 Å². The monoisotopic (exact) mass is 237 g/mol. The first-order valence-corrected chi connectivity index (χ1v) is 5.56. The van der Waals surface area contributed by atoms with Gasteiger partial charge in [0.1, 0.15) is 23.1 Å². The van der Waals surface area contributed by atoms with Gasteiger partial charge in [-0.3, -0.25) is 4.79 Å². The molecular formula is C11H12ClN3O. The Hall–Kier alpha value is -1.16. The highest BCUT2D eigenvalue weighted by atomic mass is 35.5. The zero-order valence-corrected chi connectivity index (χ0v) is 9.52. The Morgan fingerprint density at radius 2 is 2.12 bits per heavy atom. The molecule has 2 heterocycles. The molecule has 0 spiro atoms. The zero-order valence-electron chi connectivity index (χ0n) is 8.77. The van der Waals surface area contributed by atoms with Gasteiger partial charge in [-0.1, -0.05) is 11.6 Å². The first-order chi connectivity index (χ1) is 7.66. The summed E-state index contributed by atoms with van der Waals surface area (Å²) < 4.78 is 0. The van der Waals surface area contributed by atoms with Crippen LogP contribution in [0, 0.1) is 12.8 Å². The molecule has 0 aliphatic carbocycles. The molecule has 0 N–H and O–H groups in total. The second-order valence-corrected chi connectivity index (χ2v) is 4.25. The van der Waals surface area contributed by atoms with Gasteiger partial charge in [-0.25, -0.2) is 9.97 Å². The van der Waals surface area contributed by atoms with Crippen LogP contribution in [-0.4, -0.2) is 28.8 Å². The molecule has 2 rings (SSSR count). The molecule has 1 fully saturated rings. The second kappa shape index (κ2) is 4.78. The normalized spacial score (nSPS) is 17.5. The molecule has 1 aliphatic heterocycles. The number of rotatable bonds is 2. The van der Waals surface area contributed by atoms with Crippen molar-refractivity contribution < 1.29 is 4.79 Å². The molecular weight excluding hydrogens is 226 g/mol. The average Bonchev–Trinajstić information content (AvgIpc) is 2.29. The Kier molecular flexibility index (Phi) is 3.39. The standard InChI is InChI=1S/C11H12ClN3O/c1-8(16)9-2-4-15(5-3-9)11-6-10(12)13-7-14-11/h1,6-7,9H,2-5H2. The maximum absolute atomic E-state index is 11.0. The number of carbonyl (C=O) groups excluding carboxylic acids is 1. The van der Waals surface area contributed by atoms with Crippen molar-refractivity contribution in [3.8, 4) is 0 Å². The molecule has 5 heteroatoms. The van der Waals surface area contributed by atoms with Crippen LogP contribution in [0.5, 0.6) is 0 Å². The third kappa shape index (κ3) is 2.50. The highest BCUT2D eigenvalue weighted by Crippen LogP contribution is 2.23. The third-order valence-corrected chi connectivity index (χ3v) is 3.05. The van der Waals surface area contributed by atoms with Crippen molar-refractivity contribution in [3.63, 3.8) is 0 Å². The minimum atomic E-state index is -0.208. The number of aromatic nitrogens is 2. The Balaban J connectivity index is 2.01. The molecule has 1 saturated heterocycles. The van der Waals surface area contributed by atoms with Gasteiger partial charge < -0.3 is 4.90 Å². The Bertz CT molecular complexity index is 389. The summed E-state index contributed by atoms with van der Waals surface area (Å²) in [6, 6.07) is 1.73. The number of halogens is 1. The summed E-state index contributed by atoms with van der Waals surface area (Å²) in [6.45, 7) is 6.83. The van der Waals surface area contributed by atoms with Gasteiger partial charge in [0, 0.05) is 32.0 Å². The number of carbonyl (C=O) groups is 1. The lowest BCUT2D eigenvalue weighted by molar-refractivity contribution is -0.119. The molecule has 0 atom stereocenters. The summed E-state index contributed by atoms with van der Waals surface area (Å²) in [5.41, 5.74) is 0. The highest BCUT2D eigenvalue weighted by Gasteiger charge is 2.23. The fourth-order valence-corrected chi connectivity index (χ4v) is 2.03. The Labute approximate surface area is 99.6 Å². The van der Waals surface area contributed by atoms with E-state index >= 15 is 0 Å². The van der Waals surface area contributed by atoms with Crippen LogP contribution in [0.3, 0.4) is 0 Å². The van der Waals surface area contributed by atoms with Crippen LogP contribution in [0.2, 0.25) is 5.15 Å². The number of nitrogens with zero attached hydrogens (tertiary/aromatic N) is 3. The first-order valence-electron chi connectivity index (χ1n) is 5.18. The van der Waals surface area contributed by atoms with Crippen molar-refractivity contribution in [1.82, 2.24) is 9.97 Å². The molecule has 1 aliphatic rings. The summed E-state index contributed by atoms with van der Waals surface area (Å²) >= 11 is 5.79. The maximum Gasteiger partial charge on any atom is 0.140 e. The lowest BCUT2D eigenvalue weighted by Gasteiger charge is -2.31. The van der Waals surface area contributed by atoms with Gasteiger partial charge in [-0.15, -0.1) is 0 Å². The average molecular weight is 238 g/mol. The third-order valence-electron chi connectivity index (χ3n) is 2.84. The molecule has 0 saturated carbocycles. The highest BCUT2D eigenvalue weighted by molar-refractivity contribution is 6.29. The van der Waals surface area contributed by atoms with Crippen LogP contribution in [0.25, 0.3) is 0 Å². The summed E-state index contributed by atoms with van der Waals surface area (Å²) in [5.74, 6) is 0.594. The van der Waals surface area contributed by atoms with E-state index in [2.05, 4.69) is 14.9 Å². The number of ketones is 1. The van der Waals surface area contributed by atoms with Gasteiger partial charge in [0.15, 0.2) is 0 Å². The van der Waals surface area contributed by atoms with Crippen molar-refractivity contribution in [2.24, 2.45) is 5.92 Å². The fourth-order valence-electron chi connectivity index (χ4n) is 1.89. The predicted octanol–water partition coefficient (Wildman–Crippen LogP) is 1.63. The summed E-state index contributed by atoms with van der Waals surface area (Å²) in [6.07, 6.45) is 2.99. The van der Waals surface area contributed by atoms with Crippen LogP contribution < -0.4 is 4.90 Å². The van der Waals surface area contributed by atoms with Crippen LogP contribution in [0.4, 0.5) is 5.82 Å². The van der Waals surface area contributed by atoms with Gasteiger partial charge in [-0.2, -0.15) is 0 Å².